The third-order valence-corrected chi connectivity index (χ3v) is 3.62. The molecule has 0 unspecified atom stereocenters. The molecule has 0 amide bonds. The highest BCUT2D eigenvalue weighted by Crippen LogP contribution is 2.25. The van der Waals surface area contributed by atoms with Gasteiger partial charge in [-0.25, -0.2) is 4.98 Å². The highest BCUT2D eigenvalue weighted by Gasteiger charge is 2.18. The van der Waals surface area contributed by atoms with Crippen molar-refractivity contribution in [3.63, 3.8) is 0 Å². The van der Waals surface area contributed by atoms with Gasteiger partial charge in [0.25, 0.3) is 0 Å². The Labute approximate surface area is 130 Å². The first kappa shape index (κ1) is 15.7. The van der Waals surface area contributed by atoms with Gasteiger partial charge in [-0.05, 0) is 26.0 Å². The first-order valence-corrected chi connectivity index (χ1v) is 7.40. The second-order valence-corrected chi connectivity index (χ2v) is 5.64. The number of benzene rings is 1. The SMILES string of the molecule is COCCN(c1nc2ccccc2cc1C(N)=S)C(C)C. The molecule has 112 valence electrons. The minimum absolute atomic E-state index is 0.280. The first-order chi connectivity index (χ1) is 10.0. The molecule has 1 heterocycles. The summed E-state index contributed by atoms with van der Waals surface area (Å²) in [5.74, 6) is 0.827. The van der Waals surface area contributed by atoms with Crippen LogP contribution in [0.25, 0.3) is 10.9 Å². The van der Waals surface area contributed by atoms with Crippen molar-refractivity contribution < 1.29 is 4.74 Å². The van der Waals surface area contributed by atoms with Crippen molar-refractivity contribution in [1.29, 1.82) is 0 Å². The zero-order valence-corrected chi connectivity index (χ0v) is 13.5. The van der Waals surface area contributed by atoms with Crippen molar-refractivity contribution in [3.8, 4) is 0 Å². The van der Waals surface area contributed by atoms with Gasteiger partial charge in [-0.15, -0.1) is 0 Å². The number of para-hydroxylation sites is 1. The fourth-order valence-electron chi connectivity index (χ4n) is 2.30. The number of fused-ring (bicyclic) bond motifs is 1. The van der Waals surface area contributed by atoms with Crippen LogP contribution in [0.4, 0.5) is 5.82 Å². The second-order valence-electron chi connectivity index (χ2n) is 5.20. The fourth-order valence-corrected chi connectivity index (χ4v) is 2.45. The number of anilines is 1. The van der Waals surface area contributed by atoms with E-state index in [1.165, 1.54) is 0 Å². The molecule has 5 heteroatoms. The zero-order chi connectivity index (χ0) is 15.4. The molecule has 0 aliphatic rings. The number of methoxy groups -OCH3 is 1. The Kier molecular flexibility index (Phi) is 5.09. The molecule has 4 nitrogen and oxygen atoms in total. The lowest BCUT2D eigenvalue weighted by molar-refractivity contribution is 0.203. The zero-order valence-electron chi connectivity index (χ0n) is 12.7. The molecule has 0 atom stereocenters. The topological polar surface area (TPSA) is 51.4 Å². The number of hydrogen-bond donors (Lipinski definition) is 1. The molecule has 1 aromatic carbocycles. The van der Waals surface area contributed by atoms with E-state index in [0.29, 0.717) is 11.6 Å². The van der Waals surface area contributed by atoms with Crippen molar-refractivity contribution in [2.24, 2.45) is 5.73 Å². The minimum atomic E-state index is 0.280. The quantitative estimate of drug-likeness (QED) is 0.832. The number of pyridine rings is 1. The normalized spacial score (nSPS) is 11.0. The average Bonchev–Trinajstić information content (AvgIpc) is 2.46. The average molecular weight is 303 g/mol. The van der Waals surface area contributed by atoms with Gasteiger partial charge < -0.3 is 15.4 Å². The number of aromatic nitrogens is 1. The summed E-state index contributed by atoms with van der Waals surface area (Å²) in [6, 6.07) is 10.3. The van der Waals surface area contributed by atoms with Crippen LogP contribution in [0.2, 0.25) is 0 Å². The number of hydrogen-bond acceptors (Lipinski definition) is 4. The van der Waals surface area contributed by atoms with Crippen LogP contribution in [-0.4, -0.2) is 36.3 Å². The van der Waals surface area contributed by atoms with E-state index < -0.39 is 0 Å². The summed E-state index contributed by atoms with van der Waals surface area (Å²) in [5.41, 5.74) is 7.66. The number of nitrogens with zero attached hydrogens (tertiary/aromatic N) is 2. The Bertz CT molecular complexity index is 642. The molecule has 2 N–H and O–H groups in total. The van der Waals surface area contributed by atoms with Crippen molar-refractivity contribution in [1.82, 2.24) is 4.98 Å². The molecule has 0 bridgehead atoms. The molecule has 0 radical (unpaired) electrons. The Morgan fingerprint density at radius 1 is 1.38 bits per heavy atom. The van der Waals surface area contributed by atoms with E-state index in [2.05, 4.69) is 18.7 Å². The van der Waals surface area contributed by atoms with Crippen LogP contribution in [0.5, 0.6) is 0 Å². The molecule has 0 saturated carbocycles. The maximum absolute atomic E-state index is 5.91. The molecular weight excluding hydrogens is 282 g/mol. The van der Waals surface area contributed by atoms with Gasteiger partial charge in [0, 0.05) is 25.1 Å². The number of rotatable bonds is 6. The molecule has 0 spiro atoms. The largest absolute Gasteiger partial charge is 0.389 e. The van der Waals surface area contributed by atoms with Crippen LogP contribution in [0.15, 0.2) is 30.3 Å². The fraction of sp³-hybridized carbons (Fsp3) is 0.375. The lowest BCUT2D eigenvalue weighted by Crippen LogP contribution is -2.36. The van der Waals surface area contributed by atoms with Crippen LogP contribution in [0.1, 0.15) is 19.4 Å². The summed E-state index contributed by atoms with van der Waals surface area (Å²) in [7, 11) is 1.70. The predicted molar refractivity (Wildman–Crippen MR) is 92.0 cm³/mol. The highest BCUT2D eigenvalue weighted by atomic mass is 32.1. The minimum Gasteiger partial charge on any atom is -0.389 e. The molecule has 2 rings (SSSR count). The third-order valence-electron chi connectivity index (χ3n) is 3.40. The van der Waals surface area contributed by atoms with Crippen LogP contribution in [0, 0.1) is 0 Å². The summed E-state index contributed by atoms with van der Waals surface area (Å²) in [5, 5.41) is 1.04. The summed E-state index contributed by atoms with van der Waals surface area (Å²) in [6.45, 7) is 5.62. The Balaban J connectivity index is 2.57. The first-order valence-electron chi connectivity index (χ1n) is 6.99. The van der Waals surface area contributed by atoms with E-state index in [1.807, 2.05) is 30.3 Å². The van der Waals surface area contributed by atoms with Crippen LogP contribution < -0.4 is 10.6 Å². The van der Waals surface area contributed by atoms with Crippen molar-refractivity contribution in [2.75, 3.05) is 25.2 Å². The van der Waals surface area contributed by atoms with Gasteiger partial charge in [0.1, 0.15) is 10.8 Å². The number of thiocarbonyl (C=S) groups is 1. The standard InChI is InChI=1S/C16H21N3OS/c1-11(2)19(8-9-20-3)16-13(15(17)21)10-12-6-4-5-7-14(12)18-16/h4-7,10-11H,8-9H2,1-3H3,(H2,17,21). The molecule has 0 aliphatic heterocycles. The smallest absolute Gasteiger partial charge is 0.139 e. The van der Waals surface area contributed by atoms with Gasteiger partial charge in [-0.1, -0.05) is 30.4 Å². The lowest BCUT2D eigenvalue weighted by atomic mass is 10.1. The molecule has 1 aromatic heterocycles. The Hall–Kier alpha value is -1.72. The molecule has 0 saturated heterocycles. The monoisotopic (exact) mass is 303 g/mol. The second kappa shape index (κ2) is 6.83. The molecule has 0 aliphatic carbocycles. The highest BCUT2D eigenvalue weighted by molar-refractivity contribution is 7.80. The van der Waals surface area contributed by atoms with Crippen LogP contribution in [-0.2, 0) is 4.74 Å². The van der Waals surface area contributed by atoms with Crippen molar-refractivity contribution in [2.45, 2.75) is 19.9 Å². The van der Waals surface area contributed by atoms with Crippen molar-refractivity contribution >= 4 is 33.9 Å². The summed E-state index contributed by atoms with van der Waals surface area (Å²) in [4.78, 5) is 7.31. The molecule has 21 heavy (non-hydrogen) atoms. The third kappa shape index (κ3) is 3.49. The van der Waals surface area contributed by atoms with E-state index in [9.17, 15) is 0 Å². The Morgan fingerprint density at radius 3 is 2.71 bits per heavy atom. The molecule has 0 fully saturated rings. The maximum atomic E-state index is 5.91. The van der Waals surface area contributed by atoms with Gasteiger partial charge in [0.05, 0.1) is 17.7 Å². The molecular formula is C16H21N3OS. The van der Waals surface area contributed by atoms with E-state index >= 15 is 0 Å². The predicted octanol–water partition coefficient (Wildman–Crippen LogP) is 2.73. The Morgan fingerprint density at radius 2 is 2.10 bits per heavy atom. The van der Waals surface area contributed by atoms with Gasteiger partial charge >= 0.3 is 0 Å². The van der Waals surface area contributed by atoms with Crippen LogP contribution >= 0.6 is 12.2 Å². The van der Waals surface area contributed by atoms with E-state index in [4.69, 9.17) is 27.7 Å². The van der Waals surface area contributed by atoms with Gasteiger partial charge in [0.15, 0.2) is 0 Å². The van der Waals surface area contributed by atoms with E-state index in [1.54, 1.807) is 7.11 Å². The summed E-state index contributed by atoms with van der Waals surface area (Å²) >= 11 is 5.21. The van der Waals surface area contributed by atoms with E-state index in [0.717, 1.165) is 28.8 Å². The van der Waals surface area contributed by atoms with Crippen LogP contribution in [0.3, 0.4) is 0 Å². The van der Waals surface area contributed by atoms with Crippen molar-refractivity contribution in [3.05, 3.63) is 35.9 Å². The van der Waals surface area contributed by atoms with Gasteiger partial charge in [-0.2, -0.15) is 0 Å². The lowest BCUT2D eigenvalue weighted by Gasteiger charge is -2.29. The number of ether oxygens (including phenoxy) is 1. The molecule has 2 aromatic rings. The van der Waals surface area contributed by atoms with Gasteiger partial charge in [-0.3, -0.25) is 0 Å². The number of nitrogens with two attached hydrogens (primary N) is 1. The summed E-state index contributed by atoms with van der Waals surface area (Å²) in [6.07, 6.45) is 0. The van der Waals surface area contributed by atoms with E-state index in [-0.39, 0.29) is 6.04 Å². The summed E-state index contributed by atoms with van der Waals surface area (Å²) < 4.78 is 5.20. The maximum Gasteiger partial charge on any atom is 0.139 e. The van der Waals surface area contributed by atoms with Gasteiger partial charge in [0.2, 0.25) is 0 Å².